The van der Waals surface area contributed by atoms with Gasteiger partial charge < -0.3 is 19.7 Å². The molecule has 7 heteroatoms. The van der Waals surface area contributed by atoms with Crippen LogP contribution in [-0.2, 0) is 23.9 Å². The second-order valence-corrected chi connectivity index (χ2v) is 12.4. The van der Waals surface area contributed by atoms with Gasteiger partial charge in [0.05, 0.1) is 17.1 Å². The molecule has 4 aliphatic rings. The molecular weight excluding hydrogens is 460 g/mol. The van der Waals surface area contributed by atoms with E-state index in [0.29, 0.717) is 17.6 Å². The highest BCUT2D eigenvalue weighted by Gasteiger charge is 2.87. The van der Waals surface area contributed by atoms with Crippen molar-refractivity contribution in [3.8, 4) is 0 Å². The number of allylic oxidation sites excluding steroid dienone is 1. The lowest BCUT2D eigenvalue weighted by Crippen LogP contribution is -2.65. The number of aldehydes is 1. The van der Waals surface area contributed by atoms with Crippen LogP contribution in [0.25, 0.3) is 0 Å². The van der Waals surface area contributed by atoms with Gasteiger partial charge in [-0.3, -0.25) is 9.59 Å². The Bertz CT molecular complexity index is 1080. The van der Waals surface area contributed by atoms with Crippen molar-refractivity contribution in [1.82, 2.24) is 0 Å². The number of hydrogen-bond donors (Lipinski definition) is 2. The third kappa shape index (κ3) is 3.42. The predicted octanol–water partition coefficient (Wildman–Crippen LogP) is 3.68. The Kier molecular flexibility index (Phi) is 6.24. The quantitative estimate of drug-likeness (QED) is 0.256. The van der Waals surface area contributed by atoms with Gasteiger partial charge in [0.1, 0.15) is 12.4 Å². The summed E-state index contributed by atoms with van der Waals surface area (Å²) in [5.74, 6) is -3.77. The Labute approximate surface area is 213 Å². The van der Waals surface area contributed by atoms with Crippen LogP contribution in [0.2, 0.25) is 0 Å². The molecule has 198 valence electrons. The SMILES string of the molecule is C/C=C(\C)C(=O)O[C@@H]1[C@@H](C)[C@]2(O)[C@@H]3C=C(C)C[C@@]3(O)CC(C=O)=C[C@H]2[C@@H]2C(C)(C)[C@]12OC(=O)C(C)C. The van der Waals surface area contributed by atoms with E-state index in [2.05, 4.69) is 0 Å². The van der Waals surface area contributed by atoms with Crippen LogP contribution >= 0.6 is 0 Å². The maximum atomic E-state index is 13.1. The largest absolute Gasteiger partial charge is 0.454 e. The Hall–Kier alpha value is -2.25. The van der Waals surface area contributed by atoms with E-state index in [1.54, 1.807) is 46.8 Å². The summed E-state index contributed by atoms with van der Waals surface area (Å²) in [6.07, 6.45) is 5.59. The maximum Gasteiger partial charge on any atom is 0.333 e. The minimum atomic E-state index is -1.54. The van der Waals surface area contributed by atoms with Crippen LogP contribution in [-0.4, -0.2) is 51.3 Å². The number of carbonyl (C=O) groups is 3. The number of carbonyl (C=O) groups excluding carboxylic acids is 3. The van der Waals surface area contributed by atoms with Gasteiger partial charge in [0.2, 0.25) is 0 Å². The number of rotatable bonds is 5. The molecule has 2 saturated carbocycles. The van der Waals surface area contributed by atoms with Crippen LogP contribution in [0.5, 0.6) is 0 Å². The highest BCUT2D eigenvalue weighted by molar-refractivity contribution is 5.88. The molecule has 0 aliphatic heterocycles. The van der Waals surface area contributed by atoms with Gasteiger partial charge >= 0.3 is 11.9 Å². The second-order valence-electron chi connectivity index (χ2n) is 12.4. The van der Waals surface area contributed by atoms with Gasteiger partial charge in [-0.05, 0) is 32.8 Å². The van der Waals surface area contributed by atoms with E-state index in [1.807, 2.05) is 26.8 Å². The summed E-state index contributed by atoms with van der Waals surface area (Å²) >= 11 is 0. The molecule has 36 heavy (non-hydrogen) atoms. The number of esters is 2. The van der Waals surface area contributed by atoms with Gasteiger partial charge in [0.25, 0.3) is 0 Å². The van der Waals surface area contributed by atoms with Crippen molar-refractivity contribution < 1.29 is 34.1 Å². The van der Waals surface area contributed by atoms with Crippen LogP contribution in [0.1, 0.15) is 68.2 Å². The Balaban J connectivity index is 1.94. The van der Waals surface area contributed by atoms with E-state index < -0.39 is 69.9 Å². The Morgan fingerprint density at radius 1 is 1.17 bits per heavy atom. The molecule has 8 atom stereocenters. The molecule has 0 radical (unpaired) electrons. The van der Waals surface area contributed by atoms with Gasteiger partial charge in [-0.15, -0.1) is 0 Å². The highest BCUT2D eigenvalue weighted by Crippen LogP contribution is 2.77. The smallest absolute Gasteiger partial charge is 0.333 e. The van der Waals surface area contributed by atoms with Gasteiger partial charge in [-0.1, -0.05) is 58.4 Å². The lowest BCUT2D eigenvalue weighted by molar-refractivity contribution is -0.229. The fraction of sp³-hybridized carbons (Fsp3) is 0.690. The van der Waals surface area contributed by atoms with Crippen molar-refractivity contribution in [1.29, 1.82) is 0 Å². The summed E-state index contributed by atoms with van der Waals surface area (Å²) in [5.41, 5.74) is -2.96. The number of fused-ring (bicyclic) bond motifs is 5. The zero-order chi connectivity index (χ0) is 27.0. The molecule has 0 heterocycles. The molecule has 0 aromatic heterocycles. The normalized spacial score (nSPS) is 42.8. The zero-order valence-electron chi connectivity index (χ0n) is 22.6. The fourth-order valence-corrected chi connectivity index (χ4v) is 7.57. The summed E-state index contributed by atoms with van der Waals surface area (Å²) in [6.45, 7) is 14.5. The van der Waals surface area contributed by atoms with E-state index in [4.69, 9.17) is 9.47 Å². The predicted molar refractivity (Wildman–Crippen MR) is 133 cm³/mol. The minimum absolute atomic E-state index is 0.120. The molecule has 0 saturated heterocycles. The molecular formula is C29H40O7. The second kappa shape index (κ2) is 8.38. The lowest BCUT2D eigenvalue weighted by Gasteiger charge is -2.53. The Morgan fingerprint density at radius 2 is 1.81 bits per heavy atom. The number of hydrogen-bond acceptors (Lipinski definition) is 7. The van der Waals surface area contributed by atoms with Crippen molar-refractivity contribution in [2.45, 2.75) is 91.1 Å². The molecule has 0 amide bonds. The van der Waals surface area contributed by atoms with Gasteiger partial charge in [0, 0.05) is 41.1 Å². The third-order valence-electron chi connectivity index (χ3n) is 9.56. The van der Waals surface area contributed by atoms with Crippen LogP contribution in [0.3, 0.4) is 0 Å². The number of ether oxygens (including phenoxy) is 2. The van der Waals surface area contributed by atoms with E-state index in [9.17, 15) is 24.6 Å². The molecule has 4 aliphatic carbocycles. The first-order valence-electron chi connectivity index (χ1n) is 13.0. The monoisotopic (exact) mass is 500 g/mol. The first kappa shape index (κ1) is 26.8. The summed E-state index contributed by atoms with van der Waals surface area (Å²) in [6, 6.07) is 0. The average Bonchev–Trinajstić information content (AvgIpc) is 3.15. The first-order chi connectivity index (χ1) is 16.6. The Morgan fingerprint density at radius 3 is 2.36 bits per heavy atom. The molecule has 2 N–H and O–H groups in total. The zero-order valence-corrected chi connectivity index (χ0v) is 22.6. The van der Waals surface area contributed by atoms with E-state index in [-0.39, 0.29) is 6.42 Å². The van der Waals surface area contributed by atoms with Crippen molar-refractivity contribution in [2.24, 2.45) is 35.0 Å². The summed E-state index contributed by atoms with van der Waals surface area (Å²) < 4.78 is 12.4. The summed E-state index contributed by atoms with van der Waals surface area (Å²) in [5, 5.41) is 24.4. The topological polar surface area (TPSA) is 110 Å². The molecule has 4 rings (SSSR count). The summed E-state index contributed by atoms with van der Waals surface area (Å²) in [7, 11) is 0. The fourth-order valence-electron chi connectivity index (χ4n) is 7.57. The summed E-state index contributed by atoms with van der Waals surface area (Å²) in [4.78, 5) is 38.2. The third-order valence-corrected chi connectivity index (χ3v) is 9.56. The standard InChI is InChI=1S/C29H40O7/c1-9-17(5)25(32)35-23-18(6)28(34)20(22-26(7,8)29(22,23)36-24(31)15(2)3)11-19(14-30)13-27(33)12-16(4)10-21(27)28/h9-11,14-15,18,20-23,33-34H,12-13H2,1-8H3/b17-9+/t18-,20+,21-,22-,23-,27-,28-,29-/m1/s1. The van der Waals surface area contributed by atoms with Crippen LogP contribution in [0.4, 0.5) is 0 Å². The van der Waals surface area contributed by atoms with Crippen molar-refractivity contribution in [3.63, 3.8) is 0 Å². The van der Waals surface area contributed by atoms with Gasteiger partial charge in [0.15, 0.2) is 5.60 Å². The van der Waals surface area contributed by atoms with E-state index in [1.165, 1.54) is 0 Å². The van der Waals surface area contributed by atoms with Crippen LogP contribution in [0, 0.1) is 35.0 Å². The highest BCUT2D eigenvalue weighted by atomic mass is 16.6. The van der Waals surface area contributed by atoms with E-state index >= 15 is 0 Å². The van der Waals surface area contributed by atoms with Gasteiger partial charge in [-0.2, -0.15) is 0 Å². The molecule has 2 fully saturated rings. The molecule has 0 aromatic rings. The lowest BCUT2D eigenvalue weighted by atomic mass is 9.59. The molecule has 0 spiro atoms. The molecule has 0 unspecified atom stereocenters. The van der Waals surface area contributed by atoms with Gasteiger partial charge in [-0.25, -0.2) is 4.79 Å². The minimum Gasteiger partial charge on any atom is -0.454 e. The molecule has 7 nitrogen and oxygen atoms in total. The molecule has 0 aromatic carbocycles. The van der Waals surface area contributed by atoms with Crippen LogP contribution in [0.15, 0.2) is 34.9 Å². The van der Waals surface area contributed by atoms with Crippen molar-refractivity contribution in [3.05, 3.63) is 34.9 Å². The van der Waals surface area contributed by atoms with Crippen LogP contribution < -0.4 is 0 Å². The van der Waals surface area contributed by atoms with Crippen molar-refractivity contribution in [2.75, 3.05) is 0 Å². The average molecular weight is 501 g/mol. The molecule has 0 bridgehead atoms. The maximum absolute atomic E-state index is 13.1. The first-order valence-corrected chi connectivity index (χ1v) is 13.0. The van der Waals surface area contributed by atoms with E-state index in [0.717, 1.165) is 11.9 Å². The van der Waals surface area contributed by atoms with Crippen molar-refractivity contribution >= 4 is 18.2 Å². The number of aliphatic hydroxyl groups is 2.